The summed E-state index contributed by atoms with van der Waals surface area (Å²) in [6.07, 6.45) is 2.82. The van der Waals surface area contributed by atoms with Crippen molar-refractivity contribution >= 4 is 17.0 Å². The van der Waals surface area contributed by atoms with Crippen molar-refractivity contribution in [1.29, 1.82) is 0 Å². The summed E-state index contributed by atoms with van der Waals surface area (Å²) in [5, 5.41) is 8.75. The molecular formula is C10H8N2O3. The largest absolute Gasteiger partial charge is 0.495 e. The zero-order valence-corrected chi connectivity index (χ0v) is 7.97. The van der Waals surface area contributed by atoms with Crippen LogP contribution < -0.4 is 4.74 Å². The molecule has 5 heteroatoms. The van der Waals surface area contributed by atoms with E-state index in [1.807, 2.05) is 0 Å². The Bertz CT molecular complexity index is 525. The normalized spacial score (nSPS) is 10.2. The van der Waals surface area contributed by atoms with E-state index in [0.717, 1.165) is 0 Å². The summed E-state index contributed by atoms with van der Waals surface area (Å²) in [4.78, 5) is 18.7. The molecule has 0 aliphatic heterocycles. The second kappa shape index (κ2) is 3.53. The maximum absolute atomic E-state index is 10.7. The number of nitrogens with zero attached hydrogens (tertiary/aromatic N) is 2. The molecule has 5 nitrogen and oxygen atoms in total. The molecule has 0 saturated heterocycles. The minimum atomic E-state index is -1.01. The van der Waals surface area contributed by atoms with Crippen LogP contribution in [0.2, 0.25) is 0 Å². The van der Waals surface area contributed by atoms with Crippen molar-refractivity contribution in [2.75, 3.05) is 7.11 Å². The molecule has 2 heterocycles. The van der Waals surface area contributed by atoms with Crippen molar-refractivity contribution < 1.29 is 14.6 Å². The van der Waals surface area contributed by atoms with Gasteiger partial charge in [-0.1, -0.05) is 0 Å². The van der Waals surface area contributed by atoms with E-state index in [9.17, 15) is 4.79 Å². The maximum atomic E-state index is 10.7. The molecule has 0 fully saturated rings. The number of hydrogen-bond donors (Lipinski definition) is 1. The summed E-state index contributed by atoms with van der Waals surface area (Å²) in [7, 11) is 1.54. The standard InChI is InChI=1S/C10H8N2O3/c1-15-7-3-9-8(12-5-7)2-6(4-11-9)10(13)14/h2-5H,1H3,(H,13,14). The van der Waals surface area contributed by atoms with Gasteiger partial charge in [0.1, 0.15) is 5.75 Å². The Hall–Kier alpha value is -2.17. The predicted molar refractivity (Wildman–Crippen MR) is 53.0 cm³/mol. The average molecular weight is 204 g/mol. The van der Waals surface area contributed by atoms with Gasteiger partial charge in [-0.25, -0.2) is 4.79 Å². The lowest BCUT2D eigenvalue weighted by molar-refractivity contribution is 0.0696. The highest BCUT2D eigenvalue weighted by Crippen LogP contribution is 2.16. The first-order valence-corrected chi connectivity index (χ1v) is 4.24. The summed E-state index contributed by atoms with van der Waals surface area (Å²) < 4.78 is 4.98. The molecule has 0 saturated carbocycles. The number of pyridine rings is 2. The molecular weight excluding hydrogens is 196 g/mol. The lowest BCUT2D eigenvalue weighted by Gasteiger charge is -2.01. The minimum absolute atomic E-state index is 0.125. The topological polar surface area (TPSA) is 72.3 Å². The van der Waals surface area contributed by atoms with Gasteiger partial charge in [-0.3, -0.25) is 9.97 Å². The van der Waals surface area contributed by atoms with Crippen LogP contribution in [0.25, 0.3) is 11.0 Å². The van der Waals surface area contributed by atoms with Gasteiger partial charge in [0.2, 0.25) is 0 Å². The van der Waals surface area contributed by atoms with Crippen LogP contribution in [0.1, 0.15) is 10.4 Å². The van der Waals surface area contributed by atoms with Gasteiger partial charge in [-0.15, -0.1) is 0 Å². The van der Waals surface area contributed by atoms with Gasteiger partial charge < -0.3 is 9.84 Å². The average Bonchev–Trinajstić information content (AvgIpc) is 2.27. The molecule has 15 heavy (non-hydrogen) atoms. The van der Waals surface area contributed by atoms with Crippen LogP contribution in [-0.4, -0.2) is 28.2 Å². The Morgan fingerprint density at radius 3 is 2.60 bits per heavy atom. The molecule has 0 unspecified atom stereocenters. The monoisotopic (exact) mass is 204 g/mol. The Morgan fingerprint density at radius 1 is 1.27 bits per heavy atom. The molecule has 0 atom stereocenters. The van der Waals surface area contributed by atoms with Crippen molar-refractivity contribution in [1.82, 2.24) is 9.97 Å². The zero-order chi connectivity index (χ0) is 10.8. The van der Waals surface area contributed by atoms with Crippen LogP contribution in [-0.2, 0) is 0 Å². The molecule has 0 aliphatic carbocycles. The third-order valence-corrected chi connectivity index (χ3v) is 1.99. The third-order valence-electron chi connectivity index (χ3n) is 1.99. The zero-order valence-electron chi connectivity index (χ0n) is 7.97. The molecule has 0 amide bonds. The van der Waals surface area contributed by atoms with E-state index in [0.29, 0.717) is 16.8 Å². The van der Waals surface area contributed by atoms with E-state index < -0.39 is 5.97 Å². The van der Waals surface area contributed by atoms with E-state index in [4.69, 9.17) is 9.84 Å². The van der Waals surface area contributed by atoms with Crippen molar-refractivity contribution in [3.8, 4) is 5.75 Å². The maximum Gasteiger partial charge on any atom is 0.337 e. The van der Waals surface area contributed by atoms with Crippen LogP contribution in [0, 0.1) is 0 Å². The number of carboxylic acids is 1. The second-order valence-corrected chi connectivity index (χ2v) is 2.94. The highest BCUT2D eigenvalue weighted by molar-refractivity contribution is 5.91. The van der Waals surface area contributed by atoms with Crippen LogP contribution in [0.4, 0.5) is 0 Å². The summed E-state index contributed by atoms with van der Waals surface area (Å²) >= 11 is 0. The van der Waals surface area contributed by atoms with Crippen molar-refractivity contribution in [2.45, 2.75) is 0 Å². The smallest absolute Gasteiger partial charge is 0.337 e. The van der Waals surface area contributed by atoms with E-state index >= 15 is 0 Å². The van der Waals surface area contributed by atoms with Crippen LogP contribution in [0.5, 0.6) is 5.75 Å². The molecule has 2 aromatic heterocycles. The molecule has 2 rings (SSSR count). The fourth-order valence-corrected chi connectivity index (χ4v) is 1.21. The number of aromatic nitrogens is 2. The Morgan fingerprint density at radius 2 is 1.93 bits per heavy atom. The summed E-state index contributed by atoms with van der Waals surface area (Å²) in [5.74, 6) is -0.417. The number of rotatable bonds is 2. The first-order chi connectivity index (χ1) is 7.20. The molecule has 0 aliphatic rings. The number of hydrogen-bond acceptors (Lipinski definition) is 4. The van der Waals surface area contributed by atoms with Gasteiger partial charge >= 0.3 is 5.97 Å². The van der Waals surface area contributed by atoms with Gasteiger partial charge in [0.15, 0.2) is 0 Å². The molecule has 76 valence electrons. The van der Waals surface area contributed by atoms with Crippen molar-refractivity contribution in [3.63, 3.8) is 0 Å². The Balaban J connectivity index is 2.59. The van der Waals surface area contributed by atoms with Crippen LogP contribution in [0.3, 0.4) is 0 Å². The van der Waals surface area contributed by atoms with E-state index in [1.54, 1.807) is 6.07 Å². The second-order valence-electron chi connectivity index (χ2n) is 2.94. The SMILES string of the molecule is COc1cnc2cc(C(=O)O)cnc2c1. The van der Waals surface area contributed by atoms with Gasteiger partial charge in [0, 0.05) is 12.3 Å². The number of carbonyl (C=O) groups is 1. The molecule has 0 bridgehead atoms. The van der Waals surface area contributed by atoms with E-state index in [1.165, 1.54) is 25.6 Å². The molecule has 0 radical (unpaired) electrons. The fourth-order valence-electron chi connectivity index (χ4n) is 1.21. The first-order valence-electron chi connectivity index (χ1n) is 4.24. The lowest BCUT2D eigenvalue weighted by atomic mass is 10.2. The van der Waals surface area contributed by atoms with E-state index in [2.05, 4.69) is 9.97 Å². The van der Waals surface area contributed by atoms with Crippen LogP contribution >= 0.6 is 0 Å². The first kappa shape index (κ1) is 9.39. The quantitative estimate of drug-likeness (QED) is 0.799. The highest BCUT2D eigenvalue weighted by atomic mass is 16.5. The minimum Gasteiger partial charge on any atom is -0.495 e. The van der Waals surface area contributed by atoms with Crippen molar-refractivity contribution in [2.24, 2.45) is 0 Å². The lowest BCUT2D eigenvalue weighted by Crippen LogP contribution is -1.97. The number of methoxy groups -OCH3 is 1. The van der Waals surface area contributed by atoms with Gasteiger partial charge in [0.25, 0.3) is 0 Å². The predicted octanol–water partition coefficient (Wildman–Crippen LogP) is 1.34. The summed E-state index contributed by atoms with van der Waals surface area (Å²) in [6.45, 7) is 0. The number of ether oxygens (including phenoxy) is 1. The van der Waals surface area contributed by atoms with E-state index in [-0.39, 0.29) is 5.56 Å². The number of fused-ring (bicyclic) bond motifs is 1. The van der Waals surface area contributed by atoms with Crippen molar-refractivity contribution in [3.05, 3.63) is 30.1 Å². The molecule has 0 spiro atoms. The molecule has 1 N–H and O–H groups in total. The van der Waals surface area contributed by atoms with Gasteiger partial charge in [-0.05, 0) is 6.07 Å². The fraction of sp³-hybridized carbons (Fsp3) is 0.100. The van der Waals surface area contributed by atoms with Crippen LogP contribution in [0.15, 0.2) is 24.5 Å². The summed E-state index contributed by atoms with van der Waals surface area (Å²) in [6, 6.07) is 3.18. The van der Waals surface area contributed by atoms with Gasteiger partial charge in [0.05, 0.1) is 29.9 Å². The summed E-state index contributed by atoms with van der Waals surface area (Å²) in [5.41, 5.74) is 1.27. The Kier molecular flexibility index (Phi) is 2.21. The molecule has 0 aromatic carbocycles. The number of aromatic carboxylic acids is 1. The molecule has 2 aromatic rings. The third kappa shape index (κ3) is 1.71. The number of carboxylic acid groups (broad SMARTS) is 1. The Labute approximate surface area is 85.4 Å². The highest BCUT2D eigenvalue weighted by Gasteiger charge is 2.05. The van der Waals surface area contributed by atoms with Gasteiger partial charge in [-0.2, -0.15) is 0 Å².